The van der Waals surface area contributed by atoms with E-state index in [1.807, 2.05) is 48.2 Å². The monoisotopic (exact) mass is 405 g/mol. The minimum Gasteiger partial charge on any atom is -0.456 e. The number of carbonyl (C=O) groups excluding carboxylic acids is 1. The second-order valence-electron chi connectivity index (χ2n) is 7.85. The summed E-state index contributed by atoms with van der Waals surface area (Å²) < 4.78 is 6.41. The maximum atomic E-state index is 13.0. The molecule has 0 spiro atoms. The lowest BCUT2D eigenvalue weighted by Gasteiger charge is -2.36. The molecule has 0 saturated heterocycles. The largest absolute Gasteiger partial charge is 0.456 e. The summed E-state index contributed by atoms with van der Waals surface area (Å²) in [5.41, 5.74) is 3.01. The standard InChI is InChI=1S/C23H23N3O2S/c1-14-8-11-18-20(26(14)23(27)16-9-10-16)13-12-19(22-25-24-15(2)29-22)21(18)28-17-6-4-3-5-7-17/h3-7,12-14,16H,8-11H2,1-2H3/t14-/m0/s1. The molecule has 5 rings (SSSR count). The fourth-order valence-corrected chi connectivity index (χ4v) is 4.68. The SMILES string of the molecule is Cc1nnc(-c2ccc3c(c2Oc2ccccc2)CC[C@H](C)N3C(=O)C2CC2)s1. The first-order chi connectivity index (χ1) is 14.1. The van der Waals surface area contributed by atoms with Crippen LogP contribution in [-0.4, -0.2) is 22.1 Å². The minimum atomic E-state index is 0.187. The van der Waals surface area contributed by atoms with Crippen molar-refractivity contribution in [2.75, 3.05) is 4.90 Å². The van der Waals surface area contributed by atoms with Crippen LogP contribution in [0.4, 0.5) is 5.69 Å². The van der Waals surface area contributed by atoms with Gasteiger partial charge in [-0.2, -0.15) is 0 Å². The van der Waals surface area contributed by atoms with Crippen LogP contribution in [0.3, 0.4) is 0 Å². The number of fused-ring (bicyclic) bond motifs is 1. The number of carbonyl (C=O) groups is 1. The summed E-state index contributed by atoms with van der Waals surface area (Å²) in [6.45, 7) is 4.10. The zero-order valence-corrected chi connectivity index (χ0v) is 17.4. The first-order valence-corrected chi connectivity index (χ1v) is 11.0. The van der Waals surface area contributed by atoms with Crippen LogP contribution >= 0.6 is 11.3 Å². The number of hydrogen-bond acceptors (Lipinski definition) is 5. The summed E-state index contributed by atoms with van der Waals surface area (Å²) in [5, 5.41) is 10.3. The third-order valence-corrected chi connectivity index (χ3v) is 6.50. The number of amides is 1. The second-order valence-corrected chi connectivity index (χ2v) is 9.03. The van der Waals surface area contributed by atoms with Crippen molar-refractivity contribution in [2.45, 2.75) is 45.6 Å². The Balaban J connectivity index is 1.65. The van der Waals surface area contributed by atoms with Gasteiger partial charge in [0.15, 0.2) is 5.01 Å². The molecule has 1 aromatic heterocycles. The van der Waals surface area contributed by atoms with E-state index in [-0.39, 0.29) is 17.9 Å². The molecule has 1 atom stereocenters. The Bertz CT molecular complexity index is 1060. The molecule has 1 fully saturated rings. The third-order valence-electron chi connectivity index (χ3n) is 5.63. The number of para-hydroxylation sites is 1. The Hall–Kier alpha value is -2.73. The lowest BCUT2D eigenvalue weighted by atomic mass is 9.93. The fourth-order valence-electron chi connectivity index (χ4n) is 3.96. The molecule has 1 aliphatic carbocycles. The van der Waals surface area contributed by atoms with Gasteiger partial charge in [0.1, 0.15) is 16.5 Å². The molecule has 29 heavy (non-hydrogen) atoms. The normalized spacial score (nSPS) is 18.4. The number of anilines is 1. The molecule has 148 valence electrons. The van der Waals surface area contributed by atoms with Crippen molar-refractivity contribution in [3.05, 3.63) is 53.0 Å². The first kappa shape index (κ1) is 18.3. The smallest absolute Gasteiger partial charge is 0.230 e. The van der Waals surface area contributed by atoms with Crippen molar-refractivity contribution in [3.63, 3.8) is 0 Å². The number of aromatic nitrogens is 2. The Morgan fingerprint density at radius 2 is 1.90 bits per heavy atom. The zero-order valence-electron chi connectivity index (χ0n) is 16.6. The second kappa shape index (κ2) is 7.26. The van der Waals surface area contributed by atoms with Gasteiger partial charge < -0.3 is 9.64 Å². The van der Waals surface area contributed by atoms with Crippen LogP contribution in [0, 0.1) is 12.8 Å². The third kappa shape index (κ3) is 3.42. The molecule has 1 amide bonds. The van der Waals surface area contributed by atoms with Gasteiger partial charge in [0.25, 0.3) is 0 Å². The maximum Gasteiger partial charge on any atom is 0.230 e. The van der Waals surface area contributed by atoms with Crippen LogP contribution in [0.2, 0.25) is 0 Å². The maximum absolute atomic E-state index is 13.0. The van der Waals surface area contributed by atoms with E-state index in [9.17, 15) is 4.79 Å². The molecule has 2 heterocycles. The molecule has 1 aliphatic heterocycles. The summed E-state index contributed by atoms with van der Waals surface area (Å²) >= 11 is 1.56. The van der Waals surface area contributed by atoms with E-state index >= 15 is 0 Å². The number of benzene rings is 2. The highest BCUT2D eigenvalue weighted by atomic mass is 32.1. The highest BCUT2D eigenvalue weighted by molar-refractivity contribution is 7.14. The highest BCUT2D eigenvalue weighted by Gasteiger charge is 2.39. The van der Waals surface area contributed by atoms with Crippen LogP contribution in [-0.2, 0) is 11.2 Å². The zero-order chi connectivity index (χ0) is 20.0. The van der Waals surface area contributed by atoms with E-state index in [1.165, 1.54) is 0 Å². The first-order valence-electron chi connectivity index (χ1n) is 10.1. The average Bonchev–Trinajstić information content (AvgIpc) is 3.49. The highest BCUT2D eigenvalue weighted by Crippen LogP contribution is 2.46. The molecule has 0 unspecified atom stereocenters. The molecule has 0 bridgehead atoms. The summed E-state index contributed by atoms with van der Waals surface area (Å²) in [6.07, 6.45) is 3.81. The van der Waals surface area contributed by atoms with Crippen LogP contribution in [0.25, 0.3) is 10.6 Å². The molecule has 1 saturated carbocycles. The van der Waals surface area contributed by atoms with Gasteiger partial charge in [-0.05, 0) is 63.8 Å². The molecular weight excluding hydrogens is 382 g/mol. The lowest BCUT2D eigenvalue weighted by Crippen LogP contribution is -2.43. The van der Waals surface area contributed by atoms with Crippen molar-refractivity contribution in [1.82, 2.24) is 10.2 Å². The molecule has 6 heteroatoms. The number of ether oxygens (including phenoxy) is 1. The van der Waals surface area contributed by atoms with Crippen LogP contribution in [0.15, 0.2) is 42.5 Å². The van der Waals surface area contributed by atoms with Crippen molar-refractivity contribution < 1.29 is 9.53 Å². The Morgan fingerprint density at radius 1 is 1.10 bits per heavy atom. The fraction of sp³-hybridized carbons (Fsp3) is 0.348. The molecule has 2 aliphatic rings. The van der Waals surface area contributed by atoms with Gasteiger partial charge in [0, 0.05) is 17.5 Å². The van der Waals surface area contributed by atoms with E-state index in [4.69, 9.17) is 4.74 Å². The van der Waals surface area contributed by atoms with E-state index in [0.717, 1.165) is 64.0 Å². The lowest BCUT2D eigenvalue weighted by molar-refractivity contribution is -0.120. The topological polar surface area (TPSA) is 55.3 Å². The van der Waals surface area contributed by atoms with Gasteiger partial charge in [0.2, 0.25) is 5.91 Å². The van der Waals surface area contributed by atoms with E-state index in [0.29, 0.717) is 0 Å². The predicted molar refractivity (Wildman–Crippen MR) is 115 cm³/mol. The molecule has 2 aromatic carbocycles. The summed E-state index contributed by atoms with van der Waals surface area (Å²) in [5.74, 6) is 2.02. The molecule has 0 N–H and O–H groups in total. The Morgan fingerprint density at radius 3 is 2.59 bits per heavy atom. The number of hydrogen-bond donors (Lipinski definition) is 0. The number of aryl methyl sites for hydroxylation is 1. The van der Waals surface area contributed by atoms with Gasteiger partial charge in [-0.3, -0.25) is 4.79 Å². The van der Waals surface area contributed by atoms with Gasteiger partial charge in [-0.1, -0.05) is 29.5 Å². The van der Waals surface area contributed by atoms with Crippen molar-refractivity contribution in [1.29, 1.82) is 0 Å². The van der Waals surface area contributed by atoms with E-state index in [1.54, 1.807) is 11.3 Å². The number of nitrogens with zero attached hydrogens (tertiary/aromatic N) is 3. The van der Waals surface area contributed by atoms with Gasteiger partial charge in [0.05, 0.1) is 11.3 Å². The summed E-state index contributed by atoms with van der Waals surface area (Å²) in [4.78, 5) is 15.0. The molecule has 5 nitrogen and oxygen atoms in total. The quantitative estimate of drug-likeness (QED) is 0.584. The van der Waals surface area contributed by atoms with Crippen molar-refractivity contribution >= 4 is 22.9 Å². The van der Waals surface area contributed by atoms with Crippen LogP contribution in [0.5, 0.6) is 11.5 Å². The number of rotatable bonds is 4. The van der Waals surface area contributed by atoms with Gasteiger partial charge >= 0.3 is 0 Å². The van der Waals surface area contributed by atoms with E-state index < -0.39 is 0 Å². The Labute approximate surface area is 174 Å². The summed E-state index contributed by atoms with van der Waals surface area (Å²) in [7, 11) is 0. The van der Waals surface area contributed by atoms with Gasteiger partial charge in [-0.15, -0.1) is 10.2 Å². The molecule has 3 aromatic rings. The minimum absolute atomic E-state index is 0.187. The van der Waals surface area contributed by atoms with Crippen LogP contribution < -0.4 is 9.64 Å². The predicted octanol–water partition coefficient (Wildman–Crippen LogP) is 5.38. The average molecular weight is 406 g/mol. The Kier molecular flexibility index (Phi) is 4.59. The van der Waals surface area contributed by atoms with Gasteiger partial charge in [-0.25, -0.2) is 0 Å². The van der Waals surface area contributed by atoms with Crippen LogP contribution in [0.1, 0.15) is 36.8 Å². The summed E-state index contributed by atoms with van der Waals surface area (Å²) in [6, 6.07) is 14.1. The molecule has 0 radical (unpaired) electrons. The van der Waals surface area contributed by atoms with E-state index in [2.05, 4.69) is 23.2 Å². The van der Waals surface area contributed by atoms with Crippen molar-refractivity contribution in [2.24, 2.45) is 5.92 Å². The molecular formula is C23H23N3O2S. The van der Waals surface area contributed by atoms with Crippen molar-refractivity contribution in [3.8, 4) is 22.1 Å².